The van der Waals surface area contributed by atoms with Crippen LogP contribution in [-0.4, -0.2) is 62.5 Å². The van der Waals surface area contributed by atoms with Crippen molar-refractivity contribution in [2.45, 2.75) is 19.8 Å². The fourth-order valence-corrected chi connectivity index (χ4v) is 4.87. The molecule has 0 aliphatic carbocycles. The number of aromatic nitrogens is 4. The summed E-state index contributed by atoms with van der Waals surface area (Å²) < 4.78 is 24.0. The van der Waals surface area contributed by atoms with Gasteiger partial charge in [-0.2, -0.15) is 9.35 Å². The normalized spacial score (nSPS) is 14.2. The molecule has 1 saturated heterocycles. The van der Waals surface area contributed by atoms with E-state index >= 15 is 0 Å². The van der Waals surface area contributed by atoms with Crippen LogP contribution in [0.4, 0.5) is 23.1 Å². The van der Waals surface area contributed by atoms with E-state index in [2.05, 4.69) is 49.7 Å². The maximum atomic E-state index is 12.2. The minimum absolute atomic E-state index is 0.444. The van der Waals surface area contributed by atoms with Gasteiger partial charge < -0.3 is 15.0 Å². The first-order valence-electron chi connectivity index (χ1n) is 12.1. The molecular formula is C26H31N7O2S. The first-order valence-corrected chi connectivity index (χ1v) is 14.4. The average molecular weight is 506 g/mol. The van der Waals surface area contributed by atoms with Crippen LogP contribution in [-0.2, 0) is 20.9 Å². The van der Waals surface area contributed by atoms with Gasteiger partial charge in [-0.15, -0.1) is 0 Å². The van der Waals surface area contributed by atoms with Crippen molar-refractivity contribution in [3.05, 3.63) is 60.4 Å². The number of benzene rings is 1. The highest BCUT2D eigenvalue weighted by molar-refractivity contribution is 7.92. The Morgan fingerprint density at radius 2 is 1.86 bits per heavy atom. The Balaban J connectivity index is 1.48. The van der Waals surface area contributed by atoms with Crippen molar-refractivity contribution < 1.29 is 8.95 Å². The lowest BCUT2D eigenvalue weighted by molar-refractivity contribution is 0.122. The highest BCUT2D eigenvalue weighted by atomic mass is 32.2. The number of fused-ring (bicyclic) bond motifs is 1. The molecule has 0 radical (unpaired) electrons. The van der Waals surface area contributed by atoms with E-state index in [0.717, 1.165) is 61.6 Å². The van der Waals surface area contributed by atoms with Crippen LogP contribution < -0.4 is 10.2 Å². The molecule has 0 bridgehead atoms. The standard InChI is InChI=1S/C26H31N7O2S/c1-4-6-22-17-19-18-27-26(28-20-9-11-21(12-10-20)32-13-15-35-16-14-32)30-25(19)33(22)24-8-5-7-23(29-24)31-36(2,3)34/h5,7-12,17-18H,4,6,13-16H2,1-3H3,(H,27,28,30). The molecule has 1 fully saturated rings. The van der Waals surface area contributed by atoms with Gasteiger partial charge in [0.05, 0.1) is 13.2 Å². The molecule has 4 aromatic rings. The molecule has 0 atom stereocenters. The summed E-state index contributed by atoms with van der Waals surface area (Å²) in [6, 6.07) is 16.0. The molecule has 0 spiro atoms. The van der Waals surface area contributed by atoms with Crippen LogP contribution >= 0.6 is 0 Å². The lowest BCUT2D eigenvalue weighted by Crippen LogP contribution is -2.36. The molecule has 0 unspecified atom stereocenters. The molecule has 188 valence electrons. The van der Waals surface area contributed by atoms with Gasteiger partial charge in [0.1, 0.15) is 5.82 Å². The number of ether oxygens (including phenoxy) is 1. The Kier molecular flexibility index (Phi) is 6.88. The Hall–Kier alpha value is -3.50. The number of rotatable bonds is 7. The highest BCUT2D eigenvalue weighted by Crippen LogP contribution is 2.26. The summed E-state index contributed by atoms with van der Waals surface area (Å²) >= 11 is 0. The van der Waals surface area contributed by atoms with Crippen LogP contribution in [0.15, 0.2) is 59.1 Å². The number of anilines is 3. The van der Waals surface area contributed by atoms with Gasteiger partial charge in [0.25, 0.3) is 0 Å². The van der Waals surface area contributed by atoms with Gasteiger partial charge in [-0.3, -0.25) is 4.57 Å². The lowest BCUT2D eigenvalue weighted by atomic mass is 10.2. The number of nitrogens with zero attached hydrogens (tertiary/aromatic N) is 6. The molecule has 1 aliphatic rings. The smallest absolute Gasteiger partial charge is 0.229 e. The second-order valence-electron chi connectivity index (χ2n) is 9.09. The van der Waals surface area contributed by atoms with Crippen molar-refractivity contribution >= 4 is 43.9 Å². The fourth-order valence-electron chi connectivity index (χ4n) is 4.32. The molecule has 1 N–H and O–H groups in total. The van der Waals surface area contributed by atoms with E-state index in [1.807, 2.05) is 35.0 Å². The highest BCUT2D eigenvalue weighted by Gasteiger charge is 2.15. The number of pyridine rings is 1. The van der Waals surface area contributed by atoms with E-state index in [9.17, 15) is 4.21 Å². The molecule has 9 nitrogen and oxygen atoms in total. The quantitative estimate of drug-likeness (QED) is 0.389. The van der Waals surface area contributed by atoms with Gasteiger partial charge in [0, 0.05) is 64.0 Å². The number of nitrogens with one attached hydrogen (secondary N) is 1. The summed E-state index contributed by atoms with van der Waals surface area (Å²) in [7, 11) is -2.32. The molecule has 0 saturated carbocycles. The second kappa shape index (κ2) is 10.2. The molecule has 5 rings (SSSR count). The average Bonchev–Trinajstić information content (AvgIpc) is 3.22. The molecule has 36 heavy (non-hydrogen) atoms. The van der Waals surface area contributed by atoms with E-state index in [1.54, 1.807) is 18.6 Å². The SMILES string of the molecule is CCCc1cc2cnc(Nc3ccc(N4CCOCC4)cc3)nc2n1-c1cccc(N=S(C)(C)=O)n1. The van der Waals surface area contributed by atoms with E-state index in [1.165, 1.54) is 5.69 Å². The zero-order valence-corrected chi connectivity index (χ0v) is 21.7. The summed E-state index contributed by atoms with van der Waals surface area (Å²) in [5.41, 5.74) is 3.95. The molecule has 1 aromatic carbocycles. The minimum Gasteiger partial charge on any atom is -0.378 e. The van der Waals surface area contributed by atoms with Crippen molar-refractivity contribution in [1.82, 2.24) is 19.5 Å². The minimum atomic E-state index is -2.32. The fraction of sp³-hybridized carbons (Fsp3) is 0.346. The summed E-state index contributed by atoms with van der Waals surface area (Å²) in [4.78, 5) is 16.4. The third-order valence-electron chi connectivity index (χ3n) is 5.89. The zero-order valence-electron chi connectivity index (χ0n) is 20.8. The number of hydrogen-bond donors (Lipinski definition) is 1. The van der Waals surface area contributed by atoms with Gasteiger partial charge in [-0.25, -0.2) is 14.2 Å². The molecule has 4 heterocycles. The second-order valence-corrected chi connectivity index (χ2v) is 11.6. The van der Waals surface area contributed by atoms with Crippen LogP contribution in [0.3, 0.4) is 0 Å². The van der Waals surface area contributed by atoms with Crippen molar-refractivity contribution in [3.8, 4) is 5.82 Å². The monoisotopic (exact) mass is 505 g/mol. The Bertz CT molecular complexity index is 1480. The van der Waals surface area contributed by atoms with Crippen LogP contribution in [0.25, 0.3) is 16.9 Å². The first-order chi connectivity index (χ1) is 17.4. The maximum absolute atomic E-state index is 12.2. The van der Waals surface area contributed by atoms with Gasteiger partial charge in [0.15, 0.2) is 11.5 Å². The largest absolute Gasteiger partial charge is 0.378 e. The Morgan fingerprint density at radius 1 is 1.08 bits per heavy atom. The van der Waals surface area contributed by atoms with Crippen LogP contribution in [0, 0.1) is 0 Å². The molecule has 0 amide bonds. The number of hydrogen-bond acceptors (Lipinski definition) is 8. The predicted octanol–water partition coefficient (Wildman–Crippen LogP) is 4.71. The molecule has 10 heteroatoms. The maximum Gasteiger partial charge on any atom is 0.229 e. The predicted molar refractivity (Wildman–Crippen MR) is 145 cm³/mol. The van der Waals surface area contributed by atoms with Gasteiger partial charge in [0.2, 0.25) is 5.95 Å². The van der Waals surface area contributed by atoms with E-state index in [0.29, 0.717) is 17.6 Å². The summed E-state index contributed by atoms with van der Waals surface area (Å²) in [5.74, 6) is 1.65. The van der Waals surface area contributed by atoms with Gasteiger partial charge in [-0.1, -0.05) is 19.4 Å². The van der Waals surface area contributed by atoms with Gasteiger partial charge >= 0.3 is 0 Å². The van der Waals surface area contributed by atoms with Gasteiger partial charge in [-0.05, 0) is 48.9 Å². The summed E-state index contributed by atoms with van der Waals surface area (Å²) in [6.07, 6.45) is 6.89. The van der Waals surface area contributed by atoms with Crippen molar-refractivity contribution in [1.29, 1.82) is 0 Å². The summed E-state index contributed by atoms with van der Waals surface area (Å²) in [5, 5.41) is 4.27. The third-order valence-corrected chi connectivity index (χ3v) is 6.51. The van der Waals surface area contributed by atoms with Crippen molar-refractivity contribution in [3.63, 3.8) is 0 Å². The van der Waals surface area contributed by atoms with Crippen LogP contribution in [0.1, 0.15) is 19.0 Å². The molecule has 1 aliphatic heterocycles. The molecule has 3 aromatic heterocycles. The van der Waals surface area contributed by atoms with E-state index in [-0.39, 0.29) is 0 Å². The zero-order chi connectivity index (χ0) is 25.1. The lowest BCUT2D eigenvalue weighted by Gasteiger charge is -2.28. The Labute approximate surface area is 211 Å². The number of morpholine rings is 1. The Morgan fingerprint density at radius 3 is 2.58 bits per heavy atom. The number of aryl methyl sites for hydroxylation is 1. The van der Waals surface area contributed by atoms with Crippen LogP contribution in [0.5, 0.6) is 0 Å². The van der Waals surface area contributed by atoms with Crippen molar-refractivity contribution in [2.75, 3.05) is 49.0 Å². The van der Waals surface area contributed by atoms with Crippen molar-refractivity contribution in [2.24, 2.45) is 4.36 Å². The third kappa shape index (κ3) is 5.50. The van der Waals surface area contributed by atoms with Crippen LogP contribution in [0.2, 0.25) is 0 Å². The van der Waals surface area contributed by atoms with E-state index < -0.39 is 9.73 Å². The molecular weight excluding hydrogens is 474 g/mol. The summed E-state index contributed by atoms with van der Waals surface area (Å²) in [6.45, 7) is 5.47. The first kappa shape index (κ1) is 24.2. The van der Waals surface area contributed by atoms with E-state index in [4.69, 9.17) is 9.72 Å². The topological polar surface area (TPSA) is 97.5 Å².